The molecule has 0 aliphatic carbocycles. The van der Waals surface area contributed by atoms with E-state index < -0.39 is 0 Å². The molecular weight excluding hydrogens is 386 g/mol. The fourth-order valence-corrected chi connectivity index (χ4v) is 5.15. The zero-order chi connectivity index (χ0) is 20.1. The van der Waals surface area contributed by atoms with Gasteiger partial charge < -0.3 is 10.0 Å². The first-order valence-corrected chi connectivity index (χ1v) is 10.7. The summed E-state index contributed by atoms with van der Waals surface area (Å²) in [5, 5.41) is 16.6. The molecule has 1 saturated heterocycles. The van der Waals surface area contributed by atoms with Gasteiger partial charge in [-0.2, -0.15) is 4.52 Å². The summed E-state index contributed by atoms with van der Waals surface area (Å²) in [5.74, 6) is 0.824. The minimum absolute atomic E-state index is 0.0993. The summed E-state index contributed by atoms with van der Waals surface area (Å²) >= 11 is 1.56. The van der Waals surface area contributed by atoms with E-state index in [4.69, 9.17) is 10.1 Å². The van der Waals surface area contributed by atoms with Gasteiger partial charge >= 0.3 is 0 Å². The summed E-state index contributed by atoms with van der Waals surface area (Å²) in [4.78, 5) is 24.6. The molecule has 3 aromatic heterocycles. The molecule has 1 N–H and O–H groups in total. The van der Waals surface area contributed by atoms with Gasteiger partial charge in [-0.15, -0.1) is 16.4 Å². The minimum Gasteiger partial charge on any atom is -0.395 e. The van der Waals surface area contributed by atoms with E-state index in [2.05, 4.69) is 15.9 Å². The first kappa shape index (κ1) is 18.5. The highest BCUT2D eigenvalue weighted by molar-refractivity contribution is 7.18. The van der Waals surface area contributed by atoms with Gasteiger partial charge in [0, 0.05) is 48.4 Å². The van der Waals surface area contributed by atoms with E-state index in [9.17, 15) is 9.90 Å². The lowest BCUT2D eigenvalue weighted by Gasteiger charge is -2.35. The Balaban J connectivity index is 1.74. The highest BCUT2D eigenvalue weighted by atomic mass is 32.1. The van der Waals surface area contributed by atoms with Crippen LogP contribution in [0.1, 0.15) is 10.4 Å². The minimum atomic E-state index is -0.0993. The number of piperazine rings is 1. The van der Waals surface area contributed by atoms with Crippen molar-refractivity contribution in [1.82, 2.24) is 19.5 Å². The molecular formula is C21H23N5O2S. The fourth-order valence-electron chi connectivity index (χ4n) is 4.13. The highest BCUT2D eigenvalue weighted by Gasteiger charge is 2.22. The Hall–Kier alpha value is -2.55. The molecule has 0 saturated carbocycles. The van der Waals surface area contributed by atoms with Crippen molar-refractivity contribution in [1.29, 1.82) is 0 Å². The van der Waals surface area contributed by atoms with Gasteiger partial charge in [0.15, 0.2) is 11.5 Å². The Morgan fingerprint density at radius 3 is 2.55 bits per heavy atom. The van der Waals surface area contributed by atoms with Gasteiger partial charge in [0.05, 0.1) is 12.0 Å². The summed E-state index contributed by atoms with van der Waals surface area (Å²) in [6.07, 6.45) is 0. The Morgan fingerprint density at radius 1 is 1.10 bits per heavy atom. The van der Waals surface area contributed by atoms with E-state index >= 15 is 0 Å². The van der Waals surface area contributed by atoms with Gasteiger partial charge in [-0.05, 0) is 19.4 Å². The molecule has 0 bridgehead atoms. The van der Waals surface area contributed by atoms with Crippen LogP contribution in [0.2, 0.25) is 0 Å². The molecule has 4 heterocycles. The van der Waals surface area contributed by atoms with E-state index in [1.807, 2.05) is 32.0 Å². The monoisotopic (exact) mass is 409 g/mol. The van der Waals surface area contributed by atoms with Crippen molar-refractivity contribution in [3.8, 4) is 0 Å². The smallest absolute Gasteiger partial charge is 0.283 e. The van der Waals surface area contributed by atoms with Crippen LogP contribution < -0.4 is 10.5 Å². The van der Waals surface area contributed by atoms with Crippen LogP contribution in [-0.4, -0.2) is 63.9 Å². The molecule has 1 aliphatic rings. The lowest BCUT2D eigenvalue weighted by Crippen LogP contribution is -2.47. The Morgan fingerprint density at radius 2 is 1.83 bits per heavy atom. The average molecular weight is 410 g/mol. The highest BCUT2D eigenvalue weighted by Crippen LogP contribution is 2.31. The maximum atomic E-state index is 13.4. The van der Waals surface area contributed by atoms with Crippen LogP contribution in [0.3, 0.4) is 0 Å². The number of aryl methyl sites for hydroxylation is 2. The molecule has 4 aromatic rings. The number of anilines is 1. The molecule has 1 aromatic carbocycles. The quantitative estimate of drug-likeness (QED) is 0.523. The zero-order valence-electron chi connectivity index (χ0n) is 16.6. The maximum absolute atomic E-state index is 13.4. The molecule has 7 nitrogen and oxygen atoms in total. The molecule has 0 spiro atoms. The standard InChI is InChI=1S/C21H23N5O2S/c1-13-14(2)29-20-17(13)21(28)26-18(22-20)15-5-3-4-6-16(15)19(23-26)25-9-7-24(8-10-25)11-12-27/h3-6,27H,7-12H2,1-2H3. The second-order valence-corrected chi connectivity index (χ2v) is 8.74. The van der Waals surface area contributed by atoms with E-state index in [1.54, 1.807) is 11.3 Å². The van der Waals surface area contributed by atoms with Crippen molar-refractivity contribution in [2.24, 2.45) is 0 Å². The number of hydrogen-bond acceptors (Lipinski definition) is 7. The van der Waals surface area contributed by atoms with Crippen LogP contribution in [0.15, 0.2) is 29.1 Å². The number of thiophene rings is 1. The predicted octanol–water partition coefficient (Wildman–Crippen LogP) is 2.19. The predicted molar refractivity (Wildman–Crippen MR) is 117 cm³/mol. The number of rotatable bonds is 3. The second-order valence-electron chi connectivity index (χ2n) is 7.54. The van der Waals surface area contributed by atoms with E-state index in [0.29, 0.717) is 17.6 Å². The number of nitrogens with zero attached hydrogens (tertiary/aromatic N) is 5. The third-order valence-corrected chi connectivity index (χ3v) is 6.97. The molecule has 8 heteroatoms. The fraction of sp³-hybridized carbons (Fsp3) is 0.381. The van der Waals surface area contributed by atoms with Gasteiger partial charge in [0.2, 0.25) is 0 Å². The van der Waals surface area contributed by atoms with E-state index in [1.165, 1.54) is 4.52 Å². The van der Waals surface area contributed by atoms with Gasteiger partial charge in [-0.1, -0.05) is 24.3 Å². The number of aliphatic hydroxyl groups is 1. The Labute approximate surface area is 171 Å². The van der Waals surface area contributed by atoms with Crippen molar-refractivity contribution in [2.75, 3.05) is 44.2 Å². The van der Waals surface area contributed by atoms with Gasteiger partial charge in [0.1, 0.15) is 4.83 Å². The van der Waals surface area contributed by atoms with Crippen LogP contribution in [0.25, 0.3) is 26.6 Å². The lowest BCUT2D eigenvalue weighted by molar-refractivity contribution is 0.188. The molecule has 0 atom stereocenters. The maximum Gasteiger partial charge on any atom is 0.283 e. The normalized spacial score (nSPS) is 15.8. The first-order valence-electron chi connectivity index (χ1n) is 9.88. The molecule has 150 valence electrons. The number of benzene rings is 1. The molecule has 0 amide bonds. The van der Waals surface area contributed by atoms with E-state index in [-0.39, 0.29) is 12.2 Å². The lowest BCUT2D eigenvalue weighted by atomic mass is 10.1. The number of β-amino-alcohol motifs (C(OH)–C–C–N with tert-alkyl or cyclic N) is 1. The van der Waals surface area contributed by atoms with Gasteiger partial charge in [-0.3, -0.25) is 9.69 Å². The second kappa shape index (κ2) is 7.05. The largest absolute Gasteiger partial charge is 0.395 e. The molecule has 0 radical (unpaired) electrons. The first-order chi connectivity index (χ1) is 14.1. The van der Waals surface area contributed by atoms with Crippen LogP contribution in [0, 0.1) is 13.8 Å². The van der Waals surface area contributed by atoms with Gasteiger partial charge in [-0.25, -0.2) is 4.98 Å². The van der Waals surface area contributed by atoms with Crippen molar-refractivity contribution in [3.05, 3.63) is 45.1 Å². The Bertz CT molecular complexity index is 1290. The number of aromatic nitrogens is 3. The summed E-state index contributed by atoms with van der Waals surface area (Å²) in [6, 6.07) is 8.05. The average Bonchev–Trinajstić information content (AvgIpc) is 3.02. The number of hydrogen-bond donors (Lipinski definition) is 1. The summed E-state index contributed by atoms with van der Waals surface area (Å²) in [6.45, 7) is 8.22. The molecule has 29 heavy (non-hydrogen) atoms. The topological polar surface area (TPSA) is 74.0 Å². The SMILES string of the molecule is Cc1sc2nc3c4ccccc4c(N4CCN(CCO)CC4)nn3c(=O)c2c1C. The van der Waals surface area contributed by atoms with Gasteiger partial charge in [0.25, 0.3) is 5.56 Å². The van der Waals surface area contributed by atoms with Crippen molar-refractivity contribution < 1.29 is 5.11 Å². The summed E-state index contributed by atoms with van der Waals surface area (Å²) in [7, 11) is 0. The Kier molecular flexibility index (Phi) is 4.49. The molecule has 5 rings (SSSR count). The van der Waals surface area contributed by atoms with E-state index in [0.717, 1.165) is 58.0 Å². The van der Waals surface area contributed by atoms with Crippen molar-refractivity contribution in [3.63, 3.8) is 0 Å². The number of aliphatic hydroxyl groups excluding tert-OH is 1. The van der Waals surface area contributed by atoms with Crippen LogP contribution in [0.5, 0.6) is 0 Å². The van der Waals surface area contributed by atoms with Crippen LogP contribution >= 0.6 is 11.3 Å². The zero-order valence-corrected chi connectivity index (χ0v) is 17.4. The molecule has 0 unspecified atom stereocenters. The third kappa shape index (κ3) is 2.90. The summed E-state index contributed by atoms with van der Waals surface area (Å²) in [5.41, 5.74) is 1.51. The van der Waals surface area contributed by atoms with Crippen molar-refractivity contribution in [2.45, 2.75) is 13.8 Å². The van der Waals surface area contributed by atoms with Crippen molar-refractivity contribution >= 4 is 43.8 Å². The third-order valence-electron chi connectivity index (χ3n) is 5.87. The van der Waals surface area contributed by atoms with Crippen LogP contribution in [-0.2, 0) is 0 Å². The number of fused-ring (bicyclic) bond motifs is 4. The van der Waals surface area contributed by atoms with Crippen LogP contribution in [0.4, 0.5) is 5.82 Å². The molecule has 1 aliphatic heterocycles. The molecule has 1 fully saturated rings. The summed E-state index contributed by atoms with van der Waals surface area (Å²) < 4.78 is 1.49.